The molecule has 26 heavy (non-hydrogen) atoms. The molecule has 2 aromatic rings. The second-order valence-corrected chi connectivity index (χ2v) is 6.41. The van der Waals surface area contributed by atoms with E-state index in [1.54, 1.807) is 12.1 Å². The first kappa shape index (κ1) is 19.4. The Morgan fingerprint density at radius 1 is 0.885 bits per heavy atom. The number of benzene rings is 2. The van der Waals surface area contributed by atoms with Crippen molar-refractivity contribution in [3.63, 3.8) is 0 Å². The Kier molecular flexibility index (Phi) is 6.28. The van der Waals surface area contributed by atoms with Crippen molar-refractivity contribution in [2.24, 2.45) is 0 Å². The van der Waals surface area contributed by atoms with Gasteiger partial charge in [0.05, 0.1) is 0 Å². The minimum Gasteiger partial charge on any atom is -0.456 e. The summed E-state index contributed by atoms with van der Waals surface area (Å²) in [6.07, 6.45) is 0. The molecule has 0 aromatic heterocycles. The highest BCUT2D eigenvalue weighted by Crippen LogP contribution is 2.17. The molecular formula is C21H23NO4. The number of esters is 1. The van der Waals surface area contributed by atoms with E-state index in [1.165, 1.54) is 0 Å². The van der Waals surface area contributed by atoms with Gasteiger partial charge in [-0.3, -0.25) is 14.4 Å². The van der Waals surface area contributed by atoms with Crippen LogP contribution in [0.4, 0.5) is 0 Å². The van der Waals surface area contributed by atoms with Gasteiger partial charge in [0.15, 0.2) is 6.61 Å². The van der Waals surface area contributed by atoms with E-state index >= 15 is 0 Å². The molecule has 0 bridgehead atoms. The minimum absolute atomic E-state index is 0.252. The summed E-state index contributed by atoms with van der Waals surface area (Å²) in [6.45, 7) is 6.97. The summed E-state index contributed by atoms with van der Waals surface area (Å²) in [6, 6.07) is 10.8. The van der Waals surface area contributed by atoms with Crippen LogP contribution in [0.2, 0.25) is 0 Å². The summed E-state index contributed by atoms with van der Waals surface area (Å²) in [5, 5.41) is 2.49. The second kappa shape index (κ2) is 8.43. The van der Waals surface area contributed by atoms with Crippen molar-refractivity contribution in [1.29, 1.82) is 0 Å². The first-order valence-electron chi connectivity index (χ1n) is 8.39. The Labute approximate surface area is 153 Å². The highest BCUT2D eigenvalue weighted by molar-refractivity contribution is 6.01. The normalized spacial score (nSPS) is 10.3. The third kappa shape index (κ3) is 5.02. The van der Waals surface area contributed by atoms with Gasteiger partial charge in [-0.2, -0.15) is 0 Å². The van der Waals surface area contributed by atoms with Gasteiger partial charge in [0.25, 0.3) is 5.91 Å². The molecule has 0 saturated carbocycles. The smallest absolute Gasteiger partial charge is 0.325 e. The third-order valence-electron chi connectivity index (χ3n) is 4.03. The molecule has 0 aliphatic carbocycles. The van der Waals surface area contributed by atoms with Gasteiger partial charge in [0.2, 0.25) is 5.78 Å². The number of hydrogen-bond acceptors (Lipinski definition) is 4. The van der Waals surface area contributed by atoms with E-state index in [2.05, 4.69) is 5.32 Å². The Morgan fingerprint density at radius 2 is 1.46 bits per heavy atom. The Morgan fingerprint density at radius 3 is 2.04 bits per heavy atom. The Balaban J connectivity index is 1.86. The summed E-state index contributed by atoms with van der Waals surface area (Å²) in [7, 11) is 0. The van der Waals surface area contributed by atoms with Crippen LogP contribution >= 0.6 is 0 Å². The van der Waals surface area contributed by atoms with Crippen molar-refractivity contribution in [3.05, 3.63) is 69.8 Å². The Hall–Kier alpha value is -2.95. The van der Waals surface area contributed by atoms with E-state index < -0.39 is 5.97 Å². The number of ketones is 1. The average molecular weight is 353 g/mol. The number of rotatable bonds is 6. The molecule has 0 heterocycles. The zero-order valence-corrected chi connectivity index (χ0v) is 15.5. The maximum Gasteiger partial charge on any atom is 0.325 e. The molecule has 5 heteroatoms. The first-order chi connectivity index (χ1) is 12.3. The number of aryl methyl sites for hydroxylation is 4. The molecule has 0 aliphatic heterocycles. The van der Waals surface area contributed by atoms with Crippen LogP contribution in [0.15, 0.2) is 36.4 Å². The number of hydrogen-bond donors (Lipinski definition) is 1. The molecule has 1 amide bonds. The number of Topliss-reactive ketones (excluding diaryl/α,β-unsaturated/α-hetero) is 1. The summed E-state index contributed by atoms with van der Waals surface area (Å²) >= 11 is 0. The lowest BCUT2D eigenvalue weighted by molar-refractivity contribution is -0.141. The fourth-order valence-electron chi connectivity index (χ4n) is 2.85. The van der Waals surface area contributed by atoms with E-state index in [9.17, 15) is 14.4 Å². The highest BCUT2D eigenvalue weighted by Gasteiger charge is 2.15. The zero-order chi connectivity index (χ0) is 19.3. The van der Waals surface area contributed by atoms with Gasteiger partial charge >= 0.3 is 5.97 Å². The largest absolute Gasteiger partial charge is 0.456 e. The molecule has 0 spiro atoms. The molecule has 0 fully saturated rings. The fraction of sp³-hybridized carbons (Fsp3) is 0.286. The molecule has 1 N–H and O–H groups in total. The number of ether oxygens (including phenoxy) is 1. The van der Waals surface area contributed by atoms with Gasteiger partial charge < -0.3 is 10.1 Å². The van der Waals surface area contributed by atoms with E-state index in [0.717, 1.165) is 22.3 Å². The molecule has 136 valence electrons. The second-order valence-electron chi connectivity index (χ2n) is 6.41. The van der Waals surface area contributed by atoms with Gasteiger partial charge in [0, 0.05) is 11.1 Å². The fourth-order valence-corrected chi connectivity index (χ4v) is 2.85. The van der Waals surface area contributed by atoms with E-state index in [-0.39, 0.29) is 24.8 Å². The van der Waals surface area contributed by atoms with Crippen molar-refractivity contribution in [1.82, 2.24) is 5.32 Å². The van der Waals surface area contributed by atoms with Crippen LogP contribution in [0.5, 0.6) is 0 Å². The van der Waals surface area contributed by atoms with Crippen LogP contribution < -0.4 is 5.32 Å². The molecular weight excluding hydrogens is 330 g/mol. The SMILES string of the molecule is Cc1ccc(C(=O)NCC(=O)OCC(=O)c2c(C)cc(C)cc2C)cc1. The maximum absolute atomic E-state index is 12.3. The average Bonchev–Trinajstić information content (AvgIpc) is 2.57. The predicted molar refractivity (Wildman–Crippen MR) is 99.5 cm³/mol. The van der Waals surface area contributed by atoms with Crippen molar-refractivity contribution < 1.29 is 19.1 Å². The molecule has 0 atom stereocenters. The van der Waals surface area contributed by atoms with Gasteiger partial charge in [0.1, 0.15) is 6.54 Å². The lowest BCUT2D eigenvalue weighted by atomic mass is 9.97. The zero-order valence-electron chi connectivity index (χ0n) is 15.5. The number of carbonyl (C=O) groups is 3. The first-order valence-corrected chi connectivity index (χ1v) is 8.39. The van der Waals surface area contributed by atoms with Crippen LogP contribution in [-0.2, 0) is 9.53 Å². The molecule has 2 rings (SSSR count). The minimum atomic E-state index is -0.652. The van der Waals surface area contributed by atoms with Crippen LogP contribution in [0.25, 0.3) is 0 Å². The molecule has 0 saturated heterocycles. The Bertz CT molecular complexity index is 815. The van der Waals surface area contributed by atoms with Crippen LogP contribution in [0, 0.1) is 27.7 Å². The van der Waals surface area contributed by atoms with Gasteiger partial charge in [-0.1, -0.05) is 35.4 Å². The number of nitrogens with one attached hydrogen (secondary N) is 1. The van der Waals surface area contributed by atoms with Gasteiger partial charge in [-0.05, 0) is 51.0 Å². The highest BCUT2D eigenvalue weighted by atomic mass is 16.5. The monoisotopic (exact) mass is 353 g/mol. The van der Waals surface area contributed by atoms with Crippen LogP contribution in [0.1, 0.15) is 43.0 Å². The van der Waals surface area contributed by atoms with Crippen LogP contribution in [0.3, 0.4) is 0 Å². The van der Waals surface area contributed by atoms with E-state index in [1.807, 2.05) is 52.0 Å². The van der Waals surface area contributed by atoms with Crippen molar-refractivity contribution in [3.8, 4) is 0 Å². The van der Waals surface area contributed by atoms with Crippen molar-refractivity contribution >= 4 is 17.7 Å². The lowest BCUT2D eigenvalue weighted by Crippen LogP contribution is -2.31. The number of carbonyl (C=O) groups excluding carboxylic acids is 3. The number of amides is 1. The summed E-state index contributed by atoms with van der Waals surface area (Å²) in [4.78, 5) is 36.1. The summed E-state index contributed by atoms with van der Waals surface area (Å²) < 4.78 is 5.00. The standard InChI is InChI=1S/C21H23NO4/c1-13-5-7-17(8-6-13)21(25)22-11-19(24)26-12-18(23)20-15(3)9-14(2)10-16(20)4/h5-10H,11-12H2,1-4H3,(H,22,25). The van der Waals surface area contributed by atoms with E-state index in [0.29, 0.717) is 11.1 Å². The topological polar surface area (TPSA) is 72.5 Å². The molecule has 0 aliphatic rings. The molecule has 0 unspecified atom stereocenters. The third-order valence-corrected chi connectivity index (χ3v) is 4.03. The predicted octanol–water partition coefficient (Wildman–Crippen LogP) is 3.08. The quantitative estimate of drug-likeness (QED) is 0.640. The van der Waals surface area contributed by atoms with Crippen LogP contribution in [-0.4, -0.2) is 30.8 Å². The van der Waals surface area contributed by atoms with Crippen molar-refractivity contribution in [2.45, 2.75) is 27.7 Å². The maximum atomic E-state index is 12.3. The summed E-state index contributed by atoms with van der Waals surface area (Å²) in [5.74, 6) is -1.27. The molecule has 5 nitrogen and oxygen atoms in total. The van der Waals surface area contributed by atoms with Gasteiger partial charge in [-0.15, -0.1) is 0 Å². The van der Waals surface area contributed by atoms with E-state index in [4.69, 9.17) is 4.74 Å². The van der Waals surface area contributed by atoms with Crippen molar-refractivity contribution in [2.75, 3.05) is 13.2 Å². The molecule has 2 aromatic carbocycles. The molecule has 0 radical (unpaired) electrons. The lowest BCUT2D eigenvalue weighted by Gasteiger charge is -2.11. The van der Waals surface area contributed by atoms with Gasteiger partial charge in [-0.25, -0.2) is 0 Å². The summed E-state index contributed by atoms with van der Waals surface area (Å²) in [5.41, 5.74) is 4.87.